The van der Waals surface area contributed by atoms with Gasteiger partial charge >= 0.3 is 11.9 Å². The maximum atomic E-state index is 12.4. The van der Waals surface area contributed by atoms with Crippen molar-refractivity contribution in [2.45, 2.75) is 93.2 Å². The number of aryl methyl sites for hydroxylation is 2. The fourth-order valence-corrected chi connectivity index (χ4v) is 5.45. The van der Waals surface area contributed by atoms with E-state index < -0.39 is 0 Å². The molecule has 0 aliphatic rings. The summed E-state index contributed by atoms with van der Waals surface area (Å²) in [7, 11) is 0. The van der Waals surface area contributed by atoms with Crippen LogP contribution in [0.15, 0.2) is 33.6 Å². The van der Waals surface area contributed by atoms with E-state index >= 15 is 0 Å². The van der Waals surface area contributed by atoms with Crippen LogP contribution in [0, 0.1) is 13.8 Å². The maximum Gasteiger partial charge on any atom is 0.305 e. The topological polar surface area (TPSA) is 197 Å². The second kappa shape index (κ2) is 19.9. The van der Waals surface area contributed by atoms with Crippen molar-refractivity contribution >= 4 is 48.2 Å². The molecular formula is C32H46N8O6S. The van der Waals surface area contributed by atoms with E-state index in [2.05, 4.69) is 19.9 Å². The van der Waals surface area contributed by atoms with Gasteiger partial charge in [-0.1, -0.05) is 25.6 Å². The molecule has 0 atom stereocenters. The van der Waals surface area contributed by atoms with Gasteiger partial charge in [0, 0.05) is 70.4 Å². The molecule has 0 bridgehead atoms. The Kier molecular flexibility index (Phi) is 16.3. The third-order valence-electron chi connectivity index (χ3n) is 6.98. The quantitative estimate of drug-likeness (QED) is 0.149. The van der Waals surface area contributed by atoms with Crippen LogP contribution in [0.3, 0.4) is 0 Å². The second-order valence-electron chi connectivity index (χ2n) is 10.7. The van der Waals surface area contributed by atoms with Crippen LogP contribution in [0.1, 0.15) is 89.0 Å². The van der Waals surface area contributed by atoms with Gasteiger partial charge in [0.15, 0.2) is 0 Å². The molecule has 0 fully saturated rings. The van der Waals surface area contributed by atoms with Crippen LogP contribution in [-0.4, -0.2) is 67.7 Å². The minimum Gasteiger partial charge on any atom is -0.465 e. The standard InChI is InChI=1S/C32H46N8O6S/c1-7-9-29(43)45-13-11-27(21(3)39(19-41)17-25-15-35-23(5)37-31(25)33)47-28(12-14-46-30(44)10-8-2)22(4)40(20-42)18-26-16-36-24(6)38-32(26)34/h15-16,19-20H,7-14,17-18H2,1-6H3,(H2,33,35,37)(H2,34,36,38)/b27-21-,28-22+. The molecule has 2 rings (SSSR count). The van der Waals surface area contributed by atoms with Gasteiger partial charge in [0.05, 0.1) is 26.3 Å². The highest BCUT2D eigenvalue weighted by Crippen LogP contribution is 2.37. The summed E-state index contributed by atoms with van der Waals surface area (Å²) < 4.78 is 10.9. The summed E-state index contributed by atoms with van der Waals surface area (Å²) in [5, 5.41) is 0. The summed E-state index contributed by atoms with van der Waals surface area (Å²) in [4.78, 5) is 70.3. The molecule has 0 aliphatic carbocycles. The molecule has 0 aromatic carbocycles. The summed E-state index contributed by atoms with van der Waals surface area (Å²) in [5.74, 6) is 0.865. The van der Waals surface area contributed by atoms with Crippen LogP contribution in [0.4, 0.5) is 11.6 Å². The molecule has 15 heteroatoms. The molecule has 256 valence electrons. The number of hydrogen-bond donors (Lipinski definition) is 2. The first-order chi connectivity index (χ1) is 22.4. The minimum absolute atomic E-state index is 0.0629. The molecule has 2 heterocycles. The van der Waals surface area contributed by atoms with Gasteiger partial charge in [-0.3, -0.25) is 19.2 Å². The SMILES string of the molecule is CCCC(=O)OCC/C(S/C(CCOC(=O)CCC)=C(\C)N(C=O)Cc1cnc(C)nc1N)=C(\C)N(C=O)Cc1cnc(C)nc1N. The van der Waals surface area contributed by atoms with Crippen molar-refractivity contribution in [2.24, 2.45) is 0 Å². The van der Waals surface area contributed by atoms with E-state index in [1.54, 1.807) is 40.1 Å². The fourth-order valence-electron chi connectivity index (χ4n) is 4.25. The van der Waals surface area contributed by atoms with E-state index in [0.717, 1.165) is 0 Å². The molecule has 47 heavy (non-hydrogen) atoms. The van der Waals surface area contributed by atoms with Crippen molar-refractivity contribution in [1.29, 1.82) is 0 Å². The lowest BCUT2D eigenvalue weighted by Gasteiger charge is -2.26. The summed E-state index contributed by atoms with van der Waals surface area (Å²) in [6, 6.07) is 0. The normalized spacial score (nSPS) is 12.0. The van der Waals surface area contributed by atoms with Crippen molar-refractivity contribution in [3.63, 3.8) is 0 Å². The highest BCUT2D eigenvalue weighted by atomic mass is 32.2. The Morgan fingerprint density at radius 1 is 0.745 bits per heavy atom. The van der Waals surface area contributed by atoms with E-state index in [1.165, 1.54) is 21.6 Å². The fraction of sp³-hybridized carbons (Fsp3) is 0.500. The number of thioether (sulfide) groups is 1. The van der Waals surface area contributed by atoms with Gasteiger partial charge in [0.1, 0.15) is 23.3 Å². The van der Waals surface area contributed by atoms with Gasteiger partial charge in [-0.15, -0.1) is 0 Å². The van der Waals surface area contributed by atoms with E-state index in [9.17, 15) is 19.2 Å². The van der Waals surface area contributed by atoms with E-state index in [0.29, 0.717) is 69.6 Å². The number of anilines is 2. The first-order valence-electron chi connectivity index (χ1n) is 15.4. The van der Waals surface area contributed by atoms with Crippen molar-refractivity contribution in [2.75, 3.05) is 24.7 Å². The molecule has 0 spiro atoms. The molecule has 2 aromatic heterocycles. The maximum absolute atomic E-state index is 12.4. The predicted octanol–water partition coefficient (Wildman–Crippen LogP) is 4.33. The summed E-state index contributed by atoms with van der Waals surface area (Å²) >= 11 is 1.31. The monoisotopic (exact) mass is 670 g/mol. The van der Waals surface area contributed by atoms with Crippen molar-refractivity contribution < 1.29 is 28.7 Å². The number of carbonyl (C=O) groups excluding carboxylic acids is 4. The third-order valence-corrected chi connectivity index (χ3v) is 8.47. The average molecular weight is 671 g/mol. The smallest absolute Gasteiger partial charge is 0.305 e. The van der Waals surface area contributed by atoms with Crippen molar-refractivity contribution in [3.8, 4) is 0 Å². The number of hydrogen-bond acceptors (Lipinski definition) is 13. The second-order valence-corrected chi connectivity index (χ2v) is 11.9. The minimum atomic E-state index is -0.328. The van der Waals surface area contributed by atoms with E-state index in [1.807, 2.05) is 13.8 Å². The predicted molar refractivity (Wildman–Crippen MR) is 180 cm³/mol. The zero-order valence-corrected chi connectivity index (χ0v) is 28.9. The number of nitrogens with two attached hydrogens (primary N) is 2. The van der Waals surface area contributed by atoms with E-state index in [4.69, 9.17) is 20.9 Å². The van der Waals surface area contributed by atoms with Crippen LogP contribution in [0.5, 0.6) is 0 Å². The molecule has 2 amide bonds. The molecule has 0 radical (unpaired) electrons. The zero-order chi connectivity index (χ0) is 34.9. The molecule has 0 aliphatic heterocycles. The first-order valence-corrected chi connectivity index (χ1v) is 16.2. The lowest BCUT2D eigenvalue weighted by atomic mass is 10.2. The Hall–Kier alpha value is -4.53. The van der Waals surface area contributed by atoms with E-state index in [-0.39, 0.29) is 75.6 Å². The lowest BCUT2D eigenvalue weighted by Crippen LogP contribution is -2.23. The molecule has 2 aromatic rings. The van der Waals surface area contributed by atoms with Gasteiger partial charge in [0.2, 0.25) is 12.8 Å². The van der Waals surface area contributed by atoms with Gasteiger partial charge in [-0.2, -0.15) is 0 Å². The van der Waals surface area contributed by atoms with Crippen LogP contribution >= 0.6 is 11.8 Å². The van der Waals surface area contributed by atoms with Crippen LogP contribution in [0.25, 0.3) is 0 Å². The highest BCUT2D eigenvalue weighted by molar-refractivity contribution is 8.06. The Morgan fingerprint density at radius 2 is 1.13 bits per heavy atom. The van der Waals surface area contributed by atoms with Gasteiger partial charge in [0.25, 0.3) is 0 Å². The molecular weight excluding hydrogens is 624 g/mol. The van der Waals surface area contributed by atoms with Crippen molar-refractivity contribution in [1.82, 2.24) is 29.7 Å². The highest BCUT2D eigenvalue weighted by Gasteiger charge is 2.20. The number of esters is 2. The lowest BCUT2D eigenvalue weighted by molar-refractivity contribution is -0.144. The van der Waals surface area contributed by atoms with Crippen LogP contribution in [0.2, 0.25) is 0 Å². The zero-order valence-electron chi connectivity index (χ0n) is 28.1. The first kappa shape index (κ1) is 38.7. The van der Waals surface area contributed by atoms with Crippen LogP contribution < -0.4 is 11.5 Å². The number of aromatic nitrogens is 4. The molecule has 0 saturated heterocycles. The number of nitrogen functional groups attached to an aromatic ring is 2. The number of ether oxygens (including phenoxy) is 2. The van der Waals surface area contributed by atoms with Crippen molar-refractivity contribution in [3.05, 3.63) is 56.4 Å². The molecule has 0 saturated carbocycles. The Morgan fingerprint density at radius 3 is 1.45 bits per heavy atom. The van der Waals surface area contributed by atoms with Gasteiger partial charge in [-0.25, -0.2) is 19.9 Å². The molecule has 14 nitrogen and oxygen atoms in total. The summed E-state index contributed by atoms with van der Waals surface area (Å²) in [5.41, 5.74) is 14.5. The average Bonchev–Trinajstić information content (AvgIpc) is 3.02. The molecule has 4 N–H and O–H groups in total. The van der Waals surface area contributed by atoms with Gasteiger partial charge in [-0.05, 0) is 40.5 Å². The number of amides is 2. The Balaban J connectivity index is 2.56. The van der Waals surface area contributed by atoms with Crippen LogP contribution in [-0.2, 0) is 41.7 Å². The van der Waals surface area contributed by atoms with Gasteiger partial charge < -0.3 is 30.7 Å². The summed E-state index contributed by atoms with van der Waals surface area (Å²) in [6.07, 6.45) is 6.90. The Labute approximate surface area is 280 Å². The number of allylic oxidation sites excluding steroid dienone is 2. The number of nitrogens with zero attached hydrogens (tertiary/aromatic N) is 6. The summed E-state index contributed by atoms with van der Waals surface area (Å²) in [6.45, 7) is 11.1. The Bertz CT molecular complexity index is 1360. The number of carbonyl (C=O) groups is 4. The largest absolute Gasteiger partial charge is 0.465 e. The molecule has 0 unspecified atom stereocenters. The number of rotatable bonds is 20. The third kappa shape index (κ3) is 12.6.